The first-order chi connectivity index (χ1) is 11.7. The van der Waals surface area contributed by atoms with E-state index in [1.165, 1.54) is 11.3 Å². The highest BCUT2D eigenvalue weighted by Crippen LogP contribution is 2.27. The van der Waals surface area contributed by atoms with Crippen LogP contribution in [0.5, 0.6) is 5.75 Å². The number of thiophene rings is 1. The molecule has 0 aliphatic rings. The number of benzene rings is 1. The summed E-state index contributed by atoms with van der Waals surface area (Å²) in [4.78, 5) is 12.2. The highest BCUT2D eigenvalue weighted by molar-refractivity contribution is 7.07. The molecule has 5 nitrogen and oxygen atoms in total. The van der Waals surface area contributed by atoms with Crippen LogP contribution in [0, 0.1) is 0 Å². The highest BCUT2D eigenvalue weighted by atomic mass is 32.1. The Morgan fingerprint density at radius 1 is 1.29 bits per heavy atom. The lowest BCUT2D eigenvalue weighted by Crippen LogP contribution is -2.39. The zero-order chi connectivity index (χ0) is 17.4. The second kappa shape index (κ2) is 9.30. The van der Waals surface area contributed by atoms with Crippen molar-refractivity contribution in [2.45, 2.75) is 32.4 Å². The van der Waals surface area contributed by atoms with Gasteiger partial charge >= 0.3 is 6.03 Å². The van der Waals surface area contributed by atoms with E-state index in [9.17, 15) is 9.90 Å². The number of aliphatic hydroxyl groups is 1. The minimum atomic E-state index is -0.696. The van der Waals surface area contributed by atoms with Gasteiger partial charge in [-0.05, 0) is 41.8 Å². The zero-order valence-corrected chi connectivity index (χ0v) is 14.8. The molecular formula is C18H24N2O3S. The number of rotatable bonds is 8. The fraction of sp³-hybridized carbons (Fsp3) is 0.389. The maximum atomic E-state index is 12.2. The Morgan fingerprint density at radius 3 is 2.75 bits per heavy atom. The smallest absolute Gasteiger partial charge is 0.315 e. The van der Waals surface area contributed by atoms with Crippen LogP contribution < -0.4 is 15.4 Å². The van der Waals surface area contributed by atoms with Crippen molar-refractivity contribution < 1.29 is 14.6 Å². The Bertz CT molecular complexity index is 631. The molecule has 1 heterocycles. The van der Waals surface area contributed by atoms with Crippen molar-refractivity contribution >= 4 is 17.4 Å². The Morgan fingerprint density at radius 2 is 2.08 bits per heavy atom. The number of ether oxygens (including phenoxy) is 1. The largest absolute Gasteiger partial charge is 0.494 e. The fourth-order valence-electron chi connectivity index (χ4n) is 2.44. The van der Waals surface area contributed by atoms with E-state index >= 15 is 0 Å². The number of aliphatic hydroxyl groups excluding tert-OH is 1. The number of hydrogen-bond donors (Lipinski definition) is 3. The predicted octanol–water partition coefficient (Wildman–Crippen LogP) is 3.63. The van der Waals surface area contributed by atoms with Crippen molar-refractivity contribution in [1.82, 2.24) is 10.6 Å². The number of nitrogens with one attached hydrogen (secondary N) is 2. The summed E-state index contributed by atoms with van der Waals surface area (Å²) in [5.41, 5.74) is 1.77. The molecule has 0 aliphatic heterocycles. The zero-order valence-electron chi connectivity index (χ0n) is 14.0. The Labute approximate surface area is 146 Å². The van der Waals surface area contributed by atoms with Gasteiger partial charge in [-0.2, -0.15) is 11.3 Å². The summed E-state index contributed by atoms with van der Waals surface area (Å²) in [6, 6.07) is 9.11. The average Bonchev–Trinajstić information content (AvgIpc) is 3.13. The lowest BCUT2D eigenvalue weighted by molar-refractivity contribution is 0.173. The topological polar surface area (TPSA) is 70.6 Å². The van der Waals surface area contributed by atoms with E-state index < -0.39 is 6.10 Å². The molecule has 1 aromatic heterocycles. The minimum absolute atomic E-state index is 0.147. The second-order valence-corrected chi connectivity index (χ2v) is 6.14. The molecule has 2 amide bonds. The molecule has 2 atom stereocenters. The third-order valence-corrected chi connectivity index (χ3v) is 4.39. The molecule has 2 rings (SSSR count). The normalized spacial score (nSPS) is 13.1. The molecule has 2 unspecified atom stereocenters. The molecular weight excluding hydrogens is 324 g/mol. The van der Waals surface area contributed by atoms with Crippen LogP contribution in [0.1, 0.15) is 43.5 Å². The highest BCUT2D eigenvalue weighted by Gasteiger charge is 2.17. The lowest BCUT2D eigenvalue weighted by atomic mass is 10.0. The second-order valence-electron chi connectivity index (χ2n) is 5.36. The van der Waals surface area contributed by atoms with Gasteiger partial charge in [-0.25, -0.2) is 4.79 Å². The van der Waals surface area contributed by atoms with Gasteiger partial charge in [0.25, 0.3) is 0 Å². The minimum Gasteiger partial charge on any atom is -0.494 e. The van der Waals surface area contributed by atoms with Crippen LogP contribution in [0.15, 0.2) is 41.1 Å². The molecule has 0 aliphatic carbocycles. The first kappa shape index (κ1) is 18.3. The number of amides is 2. The quantitative estimate of drug-likeness (QED) is 0.682. The SMILES string of the molecule is CCOc1ccccc1C(CC)NC(=O)NCC(O)c1ccsc1. The average molecular weight is 348 g/mol. The summed E-state index contributed by atoms with van der Waals surface area (Å²) in [5, 5.41) is 19.5. The summed E-state index contributed by atoms with van der Waals surface area (Å²) in [5.74, 6) is 0.783. The third kappa shape index (κ3) is 4.97. The molecule has 24 heavy (non-hydrogen) atoms. The monoisotopic (exact) mass is 348 g/mol. The Kier molecular flexibility index (Phi) is 7.08. The van der Waals surface area contributed by atoms with Gasteiger partial charge in [-0.1, -0.05) is 25.1 Å². The Balaban J connectivity index is 1.93. The molecule has 0 radical (unpaired) electrons. The van der Waals surface area contributed by atoms with Crippen molar-refractivity contribution in [1.29, 1.82) is 0 Å². The lowest BCUT2D eigenvalue weighted by Gasteiger charge is -2.21. The van der Waals surface area contributed by atoms with E-state index in [-0.39, 0.29) is 18.6 Å². The molecule has 2 aromatic rings. The fourth-order valence-corrected chi connectivity index (χ4v) is 3.14. The van der Waals surface area contributed by atoms with Gasteiger partial charge < -0.3 is 20.5 Å². The molecule has 0 saturated carbocycles. The van der Waals surface area contributed by atoms with E-state index in [0.29, 0.717) is 6.61 Å². The van der Waals surface area contributed by atoms with E-state index in [0.717, 1.165) is 23.3 Å². The van der Waals surface area contributed by atoms with Gasteiger partial charge in [0.2, 0.25) is 0 Å². The van der Waals surface area contributed by atoms with Gasteiger partial charge in [-0.3, -0.25) is 0 Å². The summed E-state index contributed by atoms with van der Waals surface area (Å²) < 4.78 is 5.64. The maximum Gasteiger partial charge on any atom is 0.315 e. The summed E-state index contributed by atoms with van der Waals surface area (Å²) >= 11 is 1.52. The van der Waals surface area contributed by atoms with Crippen LogP contribution in [-0.2, 0) is 0 Å². The number of carbonyl (C=O) groups excluding carboxylic acids is 1. The standard InChI is InChI=1S/C18H24N2O3S/c1-3-15(14-7-5-6-8-17(14)23-4-2)20-18(22)19-11-16(21)13-9-10-24-12-13/h5-10,12,15-16,21H,3-4,11H2,1-2H3,(H2,19,20,22). The van der Waals surface area contributed by atoms with Gasteiger partial charge in [0.05, 0.1) is 18.8 Å². The summed E-state index contributed by atoms with van der Waals surface area (Å²) in [6.45, 7) is 4.69. The van der Waals surface area contributed by atoms with Crippen molar-refractivity contribution in [3.8, 4) is 5.75 Å². The van der Waals surface area contributed by atoms with Crippen LogP contribution >= 0.6 is 11.3 Å². The van der Waals surface area contributed by atoms with Crippen molar-refractivity contribution in [2.24, 2.45) is 0 Å². The van der Waals surface area contributed by atoms with Crippen molar-refractivity contribution in [2.75, 3.05) is 13.2 Å². The van der Waals surface area contributed by atoms with Crippen LogP contribution in [0.2, 0.25) is 0 Å². The summed E-state index contributed by atoms with van der Waals surface area (Å²) in [6.07, 6.45) is 0.0442. The molecule has 130 valence electrons. The van der Waals surface area contributed by atoms with Gasteiger partial charge in [0, 0.05) is 12.1 Å². The van der Waals surface area contributed by atoms with E-state index in [4.69, 9.17) is 4.74 Å². The summed E-state index contributed by atoms with van der Waals surface area (Å²) in [7, 11) is 0. The van der Waals surface area contributed by atoms with Crippen LogP contribution in [0.25, 0.3) is 0 Å². The first-order valence-electron chi connectivity index (χ1n) is 8.11. The third-order valence-electron chi connectivity index (χ3n) is 3.69. The van der Waals surface area contributed by atoms with E-state index in [1.54, 1.807) is 0 Å². The van der Waals surface area contributed by atoms with Gasteiger partial charge in [0.1, 0.15) is 5.75 Å². The van der Waals surface area contributed by atoms with E-state index in [1.807, 2.05) is 54.9 Å². The van der Waals surface area contributed by atoms with Gasteiger partial charge in [0.15, 0.2) is 0 Å². The van der Waals surface area contributed by atoms with Crippen LogP contribution in [0.3, 0.4) is 0 Å². The molecule has 0 fully saturated rings. The molecule has 0 saturated heterocycles. The number of hydrogen-bond acceptors (Lipinski definition) is 4. The molecule has 3 N–H and O–H groups in total. The number of urea groups is 1. The van der Waals surface area contributed by atoms with Crippen molar-refractivity contribution in [3.05, 3.63) is 52.2 Å². The van der Waals surface area contributed by atoms with Crippen LogP contribution in [-0.4, -0.2) is 24.3 Å². The van der Waals surface area contributed by atoms with Crippen molar-refractivity contribution in [3.63, 3.8) is 0 Å². The molecule has 6 heteroatoms. The molecule has 0 bridgehead atoms. The molecule has 0 spiro atoms. The Hall–Kier alpha value is -2.05. The van der Waals surface area contributed by atoms with Crippen LogP contribution in [0.4, 0.5) is 4.79 Å². The first-order valence-corrected chi connectivity index (χ1v) is 9.06. The van der Waals surface area contributed by atoms with E-state index in [2.05, 4.69) is 10.6 Å². The number of para-hydroxylation sites is 1. The maximum absolute atomic E-state index is 12.2. The predicted molar refractivity (Wildman–Crippen MR) is 96.5 cm³/mol. The molecule has 1 aromatic carbocycles. The van der Waals surface area contributed by atoms with Gasteiger partial charge in [-0.15, -0.1) is 0 Å². The number of carbonyl (C=O) groups is 1.